The fraction of sp³-hybridized carbons (Fsp3) is 0.400. The van der Waals surface area contributed by atoms with E-state index in [1.807, 2.05) is 38.7 Å². The van der Waals surface area contributed by atoms with Crippen molar-refractivity contribution in [2.45, 2.75) is 52.4 Å². The van der Waals surface area contributed by atoms with Gasteiger partial charge < -0.3 is 9.64 Å². The standard InChI is InChI=1S/C25H26N4O6/c1-13-6-5-7-19(15(13)3)28-23(31)25(22(30)26-24(28)32)11-17-10-18(29(33)34)8-9-20(17)27-12-14(2)35-16(4)21(25)27/h5-10,14,16,21H,11-12H2,1-4H3,(H,26,30,32). The van der Waals surface area contributed by atoms with Crippen LogP contribution in [-0.4, -0.2) is 47.6 Å². The van der Waals surface area contributed by atoms with Gasteiger partial charge in [0.25, 0.3) is 11.6 Å². The van der Waals surface area contributed by atoms with E-state index >= 15 is 0 Å². The molecule has 3 heterocycles. The molecule has 5 rings (SSSR count). The molecule has 10 nitrogen and oxygen atoms in total. The van der Waals surface area contributed by atoms with Crippen molar-refractivity contribution in [3.63, 3.8) is 0 Å². The molecule has 4 atom stereocenters. The number of carbonyl (C=O) groups excluding carboxylic acids is 3. The van der Waals surface area contributed by atoms with E-state index in [0.717, 1.165) is 21.7 Å². The highest BCUT2D eigenvalue weighted by Gasteiger charge is 2.65. The number of anilines is 2. The number of ether oxygens (including phenoxy) is 1. The number of amides is 4. The maximum Gasteiger partial charge on any atom is 0.335 e. The van der Waals surface area contributed by atoms with Crippen LogP contribution in [0.25, 0.3) is 0 Å². The summed E-state index contributed by atoms with van der Waals surface area (Å²) in [6, 6.07) is 8.28. The SMILES string of the molecule is Cc1cccc(N2C(=O)NC(=O)C3(Cc4cc([N+](=O)[O-])ccc4N4CC(C)OC(C)C43)C2=O)c1C. The summed E-state index contributed by atoms with van der Waals surface area (Å²) in [5, 5.41) is 13.9. The van der Waals surface area contributed by atoms with Gasteiger partial charge in [-0.1, -0.05) is 12.1 Å². The second-order valence-electron chi connectivity index (χ2n) is 9.59. The molecule has 4 amide bonds. The molecule has 0 aliphatic carbocycles. The average Bonchev–Trinajstić information content (AvgIpc) is 2.79. The smallest absolute Gasteiger partial charge is 0.335 e. The lowest BCUT2D eigenvalue weighted by Crippen LogP contribution is -2.76. The number of nitrogens with zero attached hydrogens (tertiary/aromatic N) is 3. The van der Waals surface area contributed by atoms with Crippen molar-refractivity contribution >= 4 is 34.9 Å². The predicted octanol–water partition coefficient (Wildman–Crippen LogP) is 3.02. The zero-order chi connectivity index (χ0) is 25.2. The number of aryl methyl sites for hydroxylation is 1. The fourth-order valence-corrected chi connectivity index (χ4v) is 5.82. The third kappa shape index (κ3) is 3.23. The number of morpholine rings is 1. The Morgan fingerprint density at radius 1 is 1.11 bits per heavy atom. The van der Waals surface area contributed by atoms with Crippen LogP contribution in [0.2, 0.25) is 0 Å². The van der Waals surface area contributed by atoms with Gasteiger partial charge in [-0.2, -0.15) is 0 Å². The molecule has 10 heteroatoms. The van der Waals surface area contributed by atoms with Crippen molar-refractivity contribution < 1.29 is 24.0 Å². The van der Waals surface area contributed by atoms with Crippen molar-refractivity contribution in [2.24, 2.45) is 5.41 Å². The first kappa shape index (κ1) is 23.0. The van der Waals surface area contributed by atoms with Crippen molar-refractivity contribution in [1.82, 2.24) is 5.32 Å². The van der Waals surface area contributed by atoms with Crippen LogP contribution in [-0.2, 0) is 20.7 Å². The minimum atomic E-state index is -1.72. The van der Waals surface area contributed by atoms with Gasteiger partial charge in [-0.05, 0) is 56.5 Å². The number of nitro benzene ring substituents is 1. The van der Waals surface area contributed by atoms with Crippen molar-refractivity contribution in [3.8, 4) is 0 Å². The van der Waals surface area contributed by atoms with Gasteiger partial charge in [-0.15, -0.1) is 0 Å². The molecule has 2 saturated heterocycles. The molecule has 2 aromatic carbocycles. The van der Waals surface area contributed by atoms with Gasteiger partial charge >= 0.3 is 6.03 Å². The lowest BCUT2D eigenvalue weighted by molar-refractivity contribution is -0.384. The number of imide groups is 2. The van der Waals surface area contributed by atoms with Crippen molar-refractivity contribution in [2.75, 3.05) is 16.3 Å². The first-order chi connectivity index (χ1) is 16.6. The number of urea groups is 1. The van der Waals surface area contributed by atoms with Crippen LogP contribution in [0.15, 0.2) is 36.4 Å². The molecule has 3 aliphatic rings. The Kier molecular flexibility index (Phi) is 5.17. The first-order valence-electron chi connectivity index (χ1n) is 11.5. The van der Waals surface area contributed by atoms with E-state index in [9.17, 15) is 24.5 Å². The summed E-state index contributed by atoms with van der Waals surface area (Å²) < 4.78 is 6.08. The van der Waals surface area contributed by atoms with E-state index < -0.39 is 40.3 Å². The molecular formula is C25H26N4O6. The lowest BCUT2D eigenvalue weighted by atomic mass is 9.66. The molecule has 4 unspecified atom stereocenters. The Hall–Kier alpha value is -3.79. The Morgan fingerprint density at radius 2 is 1.86 bits per heavy atom. The van der Waals surface area contributed by atoms with Gasteiger partial charge in [0.05, 0.1) is 28.9 Å². The number of fused-ring (bicyclic) bond motifs is 4. The van der Waals surface area contributed by atoms with E-state index in [1.54, 1.807) is 18.2 Å². The van der Waals surface area contributed by atoms with E-state index in [-0.39, 0.29) is 18.2 Å². The number of carbonyl (C=O) groups is 3. The van der Waals surface area contributed by atoms with Gasteiger partial charge in [0.1, 0.15) is 0 Å². The molecule has 0 radical (unpaired) electrons. The van der Waals surface area contributed by atoms with Crippen molar-refractivity contribution in [3.05, 3.63) is 63.2 Å². The Morgan fingerprint density at radius 3 is 2.57 bits per heavy atom. The second kappa shape index (κ2) is 7.88. The third-order valence-electron chi connectivity index (χ3n) is 7.47. The van der Waals surface area contributed by atoms with E-state index in [0.29, 0.717) is 17.8 Å². The number of nitro groups is 1. The third-order valence-corrected chi connectivity index (χ3v) is 7.47. The predicted molar refractivity (Wildman–Crippen MR) is 127 cm³/mol. The Balaban J connectivity index is 1.73. The highest BCUT2D eigenvalue weighted by atomic mass is 16.6. The molecule has 182 valence electrons. The molecule has 0 aromatic heterocycles. The zero-order valence-corrected chi connectivity index (χ0v) is 19.9. The average molecular weight is 479 g/mol. The Labute approximate surface area is 202 Å². The van der Waals surface area contributed by atoms with Gasteiger partial charge in [-0.25, -0.2) is 9.69 Å². The van der Waals surface area contributed by atoms with E-state index in [4.69, 9.17) is 4.74 Å². The summed E-state index contributed by atoms with van der Waals surface area (Å²) in [6.45, 7) is 7.79. The fourth-order valence-electron chi connectivity index (χ4n) is 5.82. The molecule has 2 fully saturated rings. The molecule has 0 bridgehead atoms. The van der Waals surface area contributed by atoms with Crippen LogP contribution < -0.4 is 15.1 Å². The van der Waals surface area contributed by atoms with Crippen LogP contribution >= 0.6 is 0 Å². The van der Waals surface area contributed by atoms with Gasteiger partial charge in [0.15, 0.2) is 5.41 Å². The van der Waals surface area contributed by atoms with Gasteiger partial charge in [0.2, 0.25) is 5.91 Å². The molecule has 1 spiro atoms. The number of rotatable bonds is 2. The molecule has 1 N–H and O–H groups in total. The normalized spacial score (nSPS) is 28.0. The maximum absolute atomic E-state index is 14.3. The molecule has 35 heavy (non-hydrogen) atoms. The minimum absolute atomic E-state index is 0.0907. The summed E-state index contributed by atoms with van der Waals surface area (Å²) in [5.41, 5.74) is 1.42. The van der Waals surface area contributed by atoms with Crippen LogP contribution in [0, 0.1) is 29.4 Å². The first-order valence-corrected chi connectivity index (χ1v) is 11.5. The van der Waals surface area contributed by atoms with Crippen LogP contribution in [0.3, 0.4) is 0 Å². The highest BCUT2D eigenvalue weighted by molar-refractivity contribution is 6.31. The van der Waals surface area contributed by atoms with Gasteiger partial charge in [-0.3, -0.25) is 25.0 Å². The minimum Gasteiger partial charge on any atom is -0.372 e. The topological polar surface area (TPSA) is 122 Å². The summed E-state index contributed by atoms with van der Waals surface area (Å²) in [4.78, 5) is 55.0. The maximum atomic E-state index is 14.3. The second-order valence-corrected chi connectivity index (χ2v) is 9.59. The molecule has 0 saturated carbocycles. The zero-order valence-electron chi connectivity index (χ0n) is 19.9. The molecule has 3 aliphatic heterocycles. The molecule has 2 aromatic rings. The Bertz CT molecular complexity index is 1290. The monoisotopic (exact) mass is 478 g/mol. The summed E-state index contributed by atoms with van der Waals surface area (Å²) in [6.07, 6.45) is -0.810. The summed E-state index contributed by atoms with van der Waals surface area (Å²) in [5.74, 6) is -1.37. The number of hydrogen-bond acceptors (Lipinski definition) is 7. The highest BCUT2D eigenvalue weighted by Crippen LogP contribution is 2.49. The van der Waals surface area contributed by atoms with Crippen LogP contribution in [0.5, 0.6) is 0 Å². The molecular weight excluding hydrogens is 452 g/mol. The largest absolute Gasteiger partial charge is 0.372 e. The van der Waals surface area contributed by atoms with E-state index in [1.165, 1.54) is 12.1 Å². The number of benzene rings is 2. The van der Waals surface area contributed by atoms with Crippen molar-refractivity contribution in [1.29, 1.82) is 0 Å². The van der Waals surface area contributed by atoms with Crippen LogP contribution in [0.1, 0.15) is 30.5 Å². The lowest BCUT2D eigenvalue weighted by Gasteiger charge is -2.56. The number of nitrogens with one attached hydrogen (secondary N) is 1. The van der Waals surface area contributed by atoms with Crippen LogP contribution in [0.4, 0.5) is 21.9 Å². The number of non-ortho nitro benzene ring substituents is 1. The summed E-state index contributed by atoms with van der Waals surface area (Å²) in [7, 11) is 0. The van der Waals surface area contributed by atoms with Gasteiger partial charge in [0, 0.05) is 30.8 Å². The summed E-state index contributed by atoms with van der Waals surface area (Å²) >= 11 is 0. The number of barbiturate groups is 1. The quantitative estimate of drug-likeness (QED) is 0.400. The van der Waals surface area contributed by atoms with E-state index in [2.05, 4.69) is 5.32 Å². The number of hydrogen-bond donors (Lipinski definition) is 1.